The van der Waals surface area contributed by atoms with Gasteiger partial charge in [0.25, 0.3) is 0 Å². The summed E-state index contributed by atoms with van der Waals surface area (Å²) in [7, 11) is 0. The van der Waals surface area contributed by atoms with Crippen LogP contribution in [0.4, 0.5) is 5.82 Å². The Morgan fingerprint density at radius 1 is 1.00 bits per heavy atom. The molecule has 122 valence electrons. The molecule has 2 aliphatic rings. The van der Waals surface area contributed by atoms with E-state index in [9.17, 15) is 5.11 Å². The van der Waals surface area contributed by atoms with E-state index in [-0.39, 0.29) is 5.75 Å². The van der Waals surface area contributed by atoms with E-state index < -0.39 is 0 Å². The minimum absolute atomic E-state index is 0.281. The summed E-state index contributed by atoms with van der Waals surface area (Å²) in [5.41, 5.74) is 12.9. The molecule has 0 atom stereocenters. The molecule has 0 saturated heterocycles. The summed E-state index contributed by atoms with van der Waals surface area (Å²) >= 11 is 1.82. The Kier molecular flexibility index (Phi) is 3.05. The van der Waals surface area contributed by atoms with Crippen molar-refractivity contribution in [2.75, 3.05) is 12.3 Å². The standard InChI is InChI=1S/C20H15N3OS/c21-19-6-3-12(9-22-19)17-7-14-16-10-23-20(15(16)8-18(14)25-17)11-1-4-13(24)5-2-11/h1-7,9,24H,8,10H2,(H2,21,22). The fourth-order valence-electron chi connectivity index (χ4n) is 3.48. The third kappa shape index (κ3) is 2.27. The maximum Gasteiger partial charge on any atom is 0.123 e. The predicted octanol–water partition coefficient (Wildman–Crippen LogP) is 3.91. The van der Waals surface area contributed by atoms with E-state index in [4.69, 9.17) is 10.7 Å². The van der Waals surface area contributed by atoms with E-state index in [1.807, 2.05) is 41.8 Å². The number of benzene rings is 1. The van der Waals surface area contributed by atoms with Crippen molar-refractivity contribution < 1.29 is 5.11 Å². The van der Waals surface area contributed by atoms with Gasteiger partial charge in [-0.05, 0) is 59.2 Å². The lowest BCUT2D eigenvalue weighted by molar-refractivity contribution is 0.475. The number of aromatic hydroxyl groups is 1. The van der Waals surface area contributed by atoms with Crippen LogP contribution in [-0.2, 0) is 6.42 Å². The van der Waals surface area contributed by atoms with Gasteiger partial charge in [-0.15, -0.1) is 11.3 Å². The van der Waals surface area contributed by atoms with Crippen LogP contribution < -0.4 is 5.73 Å². The van der Waals surface area contributed by atoms with Crippen LogP contribution in [0.25, 0.3) is 16.0 Å². The smallest absolute Gasteiger partial charge is 0.123 e. The molecule has 3 aromatic rings. The van der Waals surface area contributed by atoms with Crippen LogP contribution in [0.3, 0.4) is 0 Å². The summed E-state index contributed by atoms with van der Waals surface area (Å²) < 4.78 is 0. The zero-order chi connectivity index (χ0) is 17.0. The van der Waals surface area contributed by atoms with Crippen LogP contribution in [0.15, 0.2) is 59.2 Å². The number of nitrogens with zero attached hydrogens (tertiary/aromatic N) is 2. The first-order valence-electron chi connectivity index (χ1n) is 8.10. The fraction of sp³-hybridized carbons (Fsp3) is 0.100. The summed E-state index contributed by atoms with van der Waals surface area (Å²) in [6, 6.07) is 13.4. The molecule has 1 aromatic carbocycles. The van der Waals surface area contributed by atoms with Gasteiger partial charge in [-0.25, -0.2) is 4.98 Å². The van der Waals surface area contributed by atoms with Crippen molar-refractivity contribution in [3.05, 3.63) is 70.2 Å². The highest BCUT2D eigenvalue weighted by Gasteiger charge is 2.31. The monoisotopic (exact) mass is 345 g/mol. The van der Waals surface area contributed by atoms with Crippen molar-refractivity contribution in [1.29, 1.82) is 0 Å². The third-order valence-corrected chi connectivity index (χ3v) is 5.91. The molecular formula is C20H15N3OS. The Hall–Kier alpha value is -2.92. The Balaban J connectivity index is 1.50. The second-order valence-corrected chi connectivity index (χ2v) is 7.40. The number of allylic oxidation sites excluding steroid dienone is 1. The number of phenolic OH excluding ortho intramolecular Hbond substituents is 1. The molecule has 0 spiro atoms. The molecule has 25 heavy (non-hydrogen) atoms. The largest absolute Gasteiger partial charge is 0.508 e. The lowest BCUT2D eigenvalue weighted by atomic mass is 10.0. The van der Waals surface area contributed by atoms with Crippen LogP contribution >= 0.6 is 11.3 Å². The Morgan fingerprint density at radius 3 is 2.56 bits per heavy atom. The van der Waals surface area contributed by atoms with Crippen molar-refractivity contribution in [2.24, 2.45) is 4.99 Å². The highest BCUT2D eigenvalue weighted by Crippen LogP contribution is 2.45. The number of nitrogens with two attached hydrogens (primary N) is 1. The van der Waals surface area contributed by atoms with E-state index in [2.05, 4.69) is 11.1 Å². The van der Waals surface area contributed by atoms with E-state index in [1.54, 1.807) is 12.1 Å². The van der Waals surface area contributed by atoms with Crippen LogP contribution in [0, 0.1) is 0 Å². The second-order valence-electron chi connectivity index (χ2n) is 6.26. The average molecular weight is 345 g/mol. The summed E-state index contributed by atoms with van der Waals surface area (Å²) in [4.78, 5) is 11.6. The maximum atomic E-state index is 9.49. The minimum Gasteiger partial charge on any atom is -0.508 e. The lowest BCUT2D eigenvalue weighted by Gasteiger charge is -2.05. The van der Waals surface area contributed by atoms with E-state index in [0.29, 0.717) is 5.82 Å². The minimum atomic E-state index is 0.281. The quantitative estimate of drug-likeness (QED) is 0.740. The van der Waals surface area contributed by atoms with Gasteiger partial charge in [0, 0.05) is 33.5 Å². The van der Waals surface area contributed by atoms with Gasteiger partial charge in [-0.2, -0.15) is 0 Å². The van der Waals surface area contributed by atoms with Crippen LogP contribution in [0.5, 0.6) is 5.75 Å². The second kappa shape index (κ2) is 5.29. The molecule has 1 aliphatic carbocycles. The molecule has 5 heteroatoms. The Labute approximate surface area is 149 Å². The average Bonchev–Trinajstić information content (AvgIpc) is 3.27. The SMILES string of the molecule is Nc1ccc(-c2cc3c(s2)CC2=C3CN=C2c2ccc(O)cc2)cn1. The Morgan fingerprint density at radius 2 is 1.80 bits per heavy atom. The molecule has 0 unspecified atom stereocenters. The van der Waals surface area contributed by atoms with E-state index in [0.717, 1.165) is 29.8 Å². The highest BCUT2D eigenvalue weighted by atomic mass is 32.1. The van der Waals surface area contributed by atoms with Crippen LogP contribution in [0.1, 0.15) is 16.0 Å². The molecule has 2 aromatic heterocycles. The number of nitrogen functional groups attached to an aromatic ring is 1. The van der Waals surface area contributed by atoms with E-state index >= 15 is 0 Å². The predicted molar refractivity (Wildman–Crippen MR) is 102 cm³/mol. The zero-order valence-electron chi connectivity index (χ0n) is 13.4. The molecule has 0 radical (unpaired) electrons. The van der Waals surface area contributed by atoms with Crippen molar-refractivity contribution >= 4 is 28.4 Å². The first-order chi connectivity index (χ1) is 12.2. The van der Waals surface area contributed by atoms with Crippen LogP contribution in [0.2, 0.25) is 0 Å². The van der Waals surface area contributed by atoms with Crippen molar-refractivity contribution in [3.8, 4) is 16.2 Å². The molecule has 0 saturated carbocycles. The van der Waals surface area contributed by atoms with Crippen molar-refractivity contribution in [2.45, 2.75) is 6.42 Å². The number of hydrogen-bond acceptors (Lipinski definition) is 5. The van der Waals surface area contributed by atoms with Gasteiger partial charge < -0.3 is 10.8 Å². The summed E-state index contributed by atoms with van der Waals surface area (Å²) in [5, 5.41) is 9.49. The third-order valence-electron chi connectivity index (χ3n) is 4.73. The van der Waals surface area contributed by atoms with Gasteiger partial charge in [0.05, 0.1) is 12.3 Å². The number of fused-ring (bicyclic) bond motifs is 2. The van der Waals surface area contributed by atoms with Gasteiger partial charge in [0.2, 0.25) is 0 Å². The molecule has 1 aliphatic heterocycles. The lowest BCUT2D eigenvalue weighted by Crippen LogP contribution is -2.02. The first kappa shape index (κ1) is 14.4. The molecule has 0 bridgehead atoms. The van der Waals surface area contributed by atoms with Gasteiger partial charge in [-0.1, -0.05) is 0 Å². The zero-order valence-corrected chi connectivity index (χ0v) is 14.2. The summed E-state index contributed by atoms with van der Waals surface area (Å²) in [6.07, 6.45) is 2.76. The maximum absolute atomic E-state index is 9.49. The number of rotatable bonds is 2. The van der Waals surface area contributed by atoms with Gasteiger partial charge in [0.1, 0.15) is 11.6 Å². The van der Waals surface area contributed by atoms with Crippen LogP contribution in [-0.4, -0.2) is 22.3 Å². The molecule has 0 fully saturated rings. The Bertz CT molecular complexity index is 1040. The number of pyridine rings is 1. The fourth-order valence-corrected chi connectivity index (χ4v) is 4.67. The molecule has 0 amide bonds. The first-order valence-corrected chi connectivity index (χ1v) is 8.92. The molecule has 4 nitrogen and oxygen atoms in total. The number of phenols is 1. The molecule has 3 heterocycles. The molecule has 5 rings (SSSR count). The molecular weight excluding hydrogens is 330 g/mol. The number of hydrogen-bond donors (Lipinski definition) is 2. The van der Waals surface area contributed by atoms with Crippen molar-refractivity contribution in [3.63, 3.8) is 0 Å². The highest BCUT2D eigenvalue weighted by molar-refractivity contribution is 7.15. The van der Waals surface area contributed by atoms with Gasteiger partial charge in [-0.3, -0.25) is 4.99 Å². The van der Waals surface area contributed by atoms with Crippen molar-refractivity contribution in [1.82, 2.24) is 4.98 Å². The normalized spacial score (nSPS) is 15.3. The molecule has 3 N–H and O–H groups in total. The summed E-state index contributed by atoms with van der Waals surface area (Å²) in [6.45, 7) is 0.731. The number of aliphatic imine (C=N–C) groups is 1. The topological polar surface area (TPSA) is 71.5 Å². The number of anilines is 1. The van der Waals surface area contributed by atoms with Gasteiger partial charge >= 0.3 is 0 Å². The number of aromatic nitrogens is 1. The van der Waals surface area contributed by atoms with Gasteiger partial charge in [0.15, 0.2) is 0 Å². The number of thiophene rings is 1. The summed E-state index contributed by atoms with van der Waals surface area (Å²) in [5.74, 6) is 0.824. The van der Waals surface area contributed by atoms with E-state index in [1.165, 1.54) is 26.5 Å².